The first-order valence-electron chi connectivity index (χ1n) is 12.0. The number of fused-ring (bicyclic) bond motifs is 1. The molecule has 0 spiro atoms. The summed E-state index contributed by atoms with van der Waals surface area (Å²) in [6.45, 7) is 4.32. The topological polar surface area (TPSA) is 148 Å². The summed E-state index contributed by atoms with van der Waals surface area (Å²) in [5, 5.41) is -0.397. The highest BCUT2D eigenvalue weighted by molar-refractivity contribution is 7.91. The van der Waals surface area contributed by atoms with Crippen LogP contribution in [0.5, 0.6) is 0 Å². The highest BCUT2D eigenvalue weighted by Gasteiger charge is 2.31. The minimum Gasteiger partial charge on any atom is -0.378 e. The molecule has 14 heteroatoms. The lowest BCUT2D eigenvalue weighted by Gasteiger charge is -2.28. The van der Waals surface area contributed by atoms with Crippen LogP contribution < -0.4 is 10.6 Å². The Morgan fingerprint density at radius 2 is 1.95 bits per heavy atom. The van der Waals surface area contributed by atoms with Gasteiger partial charge in [-0.2, -0.15) is 0 Å². The molecule has 1 unspecified atom stereocenters. The fraction of sp³-hybridized carbons (Fsp3) is 0.522. The van der Waals surface area contributed by atoms with Crippen molar-refractivity contribution >= 4 is 49.1 Å². The van der Waals surface area contributed by atoms with Crippen LogP contribution in [0.4, 0.5) is 11.8 Å². The van der Waals surface area contributed by atoms with Gasteiger partial charge in [-0.05, 0) is 12.5 Å². The van der Waals surface area contributed by atoms with Crippen LogP contribution in [0.25, 0.3) is 21.6 Å². The van der Waals surface area contributed by atoms with E-state index in [0.717, 1.165) is 34.0 Å². The number of likely N-dealkylation sites (N-methyl/N-ethyl adjacent to an activating group) is 1. The van der Waals surface area contributed by atoms with E-state index in [1.54, 1.807) is 35.7 Å². The van der Waals surface area contributed by atoms with Gasteiger partial charge in [0.15, 0.2) is 21.5 Å². The molecule has 0 aliphatic carbocycles. The van der Waals surface area contributed by atoms with Crippen molar-refractivity contribution in [1.29, 1.82) is 0 Å². The molecule has 2 N–H and O–H groups in total. The Hall–Kier alpha value is -2.94. The predicted octanol–water partition coefficient (Wildman–Crippen LogP) is 0.644. The van der Waals surface area contributed by atoms with Gasteiger partial charge in [-0.3, -0.25) is 9.69 Å². The van der Waals surface area contributed by atoms with Gasteiger partial charge in [0.25, 0.3) is 0 Å². The smallest absolute Gasteiger partial charge is 0.236 e. The number of aromatic nitrogens is 4. The first-order valence-corrected chi connectivity index (χ1v) is 14.8. The lowest BCUT2D eigenvalue weighted by molar-refractivity contribution is -0.131. The number of nitrogens with zero attached hydrogens (tertiary/aromatic N) is 7. The Morgan fingerprint density at radius 1 is 1.22 bits per heavy atom. The summed E-state index contributed by atoms with van der Waals surface area (Å²) in [6, 6.07) is 1.99. The van der Waals surface area contributed by atoms with E-state index in [1.807, 2.05) is 11.0 Å². The average Bonchev–Trinajstić information content (AvgIpc) is 3.51. The van der Waals surface area contributed by atoms with Gasteiger partial charge in [0.1, 0.15) is 0 Å². The molecule has 0 saturated carbocycles. The zero-order valence-electron chi connectivity index (χ0n) is 20.8. The summed E-state index contributed by atoms with van der Waals surface area (Å²) in [5.74, 6) is 1.47. The lowest BCUT2D eigenvalue weighted by Crippen LogP contribution is -2.37. The normalized spacial score (nSPS) is 19.0. The van der Waals surface area contributed by atoms with Gasteiger partial charge in [-0.15, -0.1) is 11.3 Å². The van der Waals surface area contributed by atoms with Crippen molar-refractivity contribution in [3.05, 3.63) is 23.3 Å². The quantitative estimate of drug-likeness (QED) is 0.445. The summed E-state index contributed by atoms with van der Waals surface area (Å²) in [5.41, 5.74) is 7.11. The van der Waals surface area contributed by atoms with Crippen LogP contribution in [0.3, 0.4) is 0 Å². The number of nitrogens with two attached hydrogens (primary N) is 1. The van der Waals surface area contributed by atoms with Gasteiger partial charge in [0.2, 0.25) is 11.9 Å². The maximum atomic E-state index is 12.9. The van der Waals surface area contributed by atoms with Gasteiger partial charge in [0, 0.05) is 56.8 Å². The van der Waals surface area contributed by atoms with Crippen molar-refractivity contribution in [2.24, 2.45) is 0 Å². The zero-order valence-corrected chi connectivity index (χ0v) is 22.5. The zero-order chi connectivity index (χ0) is 26.2. The average molecular weight is 547 g/mol. The van der Waals surface area contributed by atoms with E-state index in [1.165, 1.54) is 6.26 Å². The van der Waals surface area contributed by atoms with Gasteiger partial charge < -0.3 is 20.3 Å². The number of carbonyl (C=O) groups excluding carboxylic acids is 1. The Labute approximate surface area is 219 Å². The van der Waals surface area contributed by atoms with Gasteiger partial charge >= 0.3 is 0 Å². The Morgan fingerprint density at radius 3 is 2.62 bits per heavy atom. The molecule has 3 aromatic rings. The van der Waals surface area contributed by atoms with Crippen LogP contribution in [0.1, 0.15) is 11.3 Å². The first-order chi connectivity index (χ1) is 17.7. The van der Waals surface area contributed by atoms with E-state index in [-0.39, 0.29) is 18.4 Å². The number of thiophene rings is 1. The molecule has 0 radical (unpaired) electrons. The molecule has 2 fully saturated rings. The monoisotopic (exact) mass is 546 g/mol. The molecule has 2 saturated heterocycles. The Kier molecular flexibility index (Phi) is 7.25. The second-order valence-electron chi connectivity index (χ2n) is 9.45. The second-order valence-corrected chi connectivity index (χ2v) is 12.9. The van der Waals surface area contributed by atoms with Crippen molar-refractivity contribution in [3.8, 4) is 11.4 Å². The summed E-state index contributed by atoms with van der Waals surface area (Å²) in [6.07, 6.45) is 5.05. The van der Waals surface area contributed by atoms with Crippen LogP contribution >= 0.6 is 11.3 Å². The van der Waals surface area contributed by atoms with Crippen molar-refractivity contribution in [2.45, 2.75) is 18.2 Å². The van der Waals surface area contributed by atoms with Crippen molar-refractivity contribution in [2.75, 3.05) is 69.9 Å². The molecule has 0 aromatic carbocycles. The minimum atomic E-state index is -3.10. The van der Waals surface area contributed by atoms with Crippen molar-refractivity contribution < 1.29 is 17.9 Å². The minimum absolute atomic E-state index is 0.0502. The Bertz CT molecular complexity index is 1390. The van der Waals surface area contributed by atoms with E-state index in [0.29, 0.717) is 50.7 Å². The van der Waals surface area contributed by atoms with E-state index in [2.05, 4.69) is 14.9 Å². The second kappa shape index (κ2) is 10.4. The van der Waals surface area contributed by atoms with E-state index < -0.39 is 15.1 Å². The molecule has 0 bridgehead atoms. The van der Waals surface area contributed by atoms with Crippen molar-refractivity contribution in [3.63, 3.8) is 0 Å². The molecule has 3 aromatic heterocycles. The number of anilines is 2. The molecule has 2 aliphatic heterocycles. The Balaban J connectivity index is 1.37. The highest BCUT2D eigenvalue weighted by atomic mass is 32.2. The number of hydrogen-bond acceptors (Lipinski definition) is 12. The SMILES string of the molecule is CN(Cc1cc2nc(-c3cnc(N)nc3)nc(N3CCOCC3)c2s1)C(=O)CN1CCC(S(C)(=O)=O)C1. The van der Waals surface area contributed by atoms with E-state index in [4.69, 9.17) is 20.4 Å². The number of rotatable bonds is 7. The number of amides is 1. The molecule has 5 heterocycles. The number of carbonyl (C=O) groups is 1. The van der Waals surface area contributed by atoms with Gasteiger partial charge in [0.05, 0.1) is 47.3 Å². The molecule has 1 atom stereocenters. The molecule has 5 rings (SSSR count). The third-order valence-corrected chi connectivity index (χ3v) is 9.36. The van der Waals surface area contributed by atoms with Crippen LogP contribution in [-0.4, -0.2) is 109 Å². The fourth-order valence-corrected chi connectivity index (χ4v) is 6.72. The summed E-state index contributed by atoms with van der Waals surface area (Å²) < 4.78 is 30.2. The van der Waals surface area contributed by atoms with Crippen LogP contribution in [0.15, 0.2) is 18.5 Å². The summed E-state index contributed by atoms with van der Waals surface area (Å²) in [4.78, 5) is 37.5. The standard InChI is InChI=1S/C23H30N8O4S2/c1-29(19(32)14-30-4-3-17(13-30)37(2,33)34)12-16-9-18-20(36-16)22(31-5-7-35-8-6-31)28-21(27-18)15-10-25-23(24)26-11-15/h9-11,17H,3-8,12-14H2,1-2H3,(H2,24,25,26). The van der Waals surface area contributed by atoms with Crippen LogP contribution in [0.2, 0.25) is 0 Å². The maximum absolute atomic E-state index is 12.9. The first kappa shape index (κ1) is 25.7. The molecular weight excluding hydrogens is 516 g/mol. The lowest BCUT2D eigenvalue weighted by atomic mass is 10.3. The third kappa shape index (κ3) is 5.81. The highest BCUT2D eigenvalue weighted by Crippen LogP contribution is 2.35. The largest absolute Gasteiger partial charge is 0.378 e. The van der Waals surface area contributed by atoms with E-state index >= 15 is 0 Å². The molecule has 2 aliphatic rings. The third-order valence-electron chi connectivity index (χ3n) is 6.66. The summed E-state index contributed by atoms with van der Waals surface area (Å²) in [7, 11) is -1.33. The number of likely N-dealkylation sites (tertiary alicyclic amines) is 1. The van der Waals surface area contributed by atoms with Gasteiger partial charge in [-0.25, -0.2) is 28.4 Å². The number of sulfone groups is 1. The summed E-state index contributed by atoms with van der Waals surface area (Å²) >= 11 is 1.57. The van der Waals surface area contributed by atoms with E-state index in [9.17, 15) is 13.2 Å². The van der Waals surface area contributed by atoms with Crippen LogP contribution in [0, 0.1) is 0 Å². The number of nitrogen functional groups attached to an aromatic ring is 1. The molecule has 198 valence electrons. The van der Waals surface area contributed by atoms with Gasteiger partial charge in [-0.1, -0.05) is 0 Å². The number of hydrogen-bond donors (Lipinski definition) is 1. The molecule has 37 heavy (non-hydrogen) atoms. The predicted molar refractivity (Wildman–Crippen MR) is 142 cm³/mol. The molecule has 12 nitrogen and oxygen atoms in total. The van der Waals surface area contributed by atoms with Crippen LogP contribution in [-0.2, 0) is 25.9 Å². The molecular formula is C23H30N8O4S2. The number of morpholine rings is 1. The fourth-order valence-electron chi connectivity index (χ4n) is 4.54. The number of ether oxygens (including phenoxy) is 1. The van der Waals surface area contributed by atoms with Crippen molar-refractivity contribution in [1.82, 2.24) is 29.7 Å². The maximum Gasteiger partial charge on any atom is 0.236 e. The molecule has 1 amide bonds.